The van der Waals surface area contributed by atoms with Crippen molar-refractivity contribution in [2.75, 3.05) is 44.2 Å². The first-order valence-corrected chi connectivity index (χ1v) is 9.38. The summed E-state index contributed by atoms with van der Waals surface area (Å²) in [6, 6.07) is 17.8. The third-order valence-electron chi connectivity index (χ3n) is 5.22. The predicted molar refractivity (Wildman–Crippen MR) is 102 cm³/mol. The molecule has 2 aliphatic heterocycles. The average Bonchev–Trinajstić information content (AvgIpc) is 2.71. The topological polar surface area (TPSA) is 54.3 Å². The lowest BCUT2D eigenvalue weighted by molar-refractivity contribution is -0.917. The number of para-hydroxylation sites is 2. The second-order valence-electron chi connectivity index (χ2n) is 7.03. The van der Waals surface area contributed by atoms with Gasteiger partial charge in [-0.3, -0.25) is 14.5 Å². The van der Waals surface area contributed by atoms with Crippen LogP contribution >= 0.6 is 0 Å². The smallest absolute Gasteiger partial charge is 0.265 e. The van der Waals surface area contributed by atoms with E-state index in [0.29, 0.717) is 11.4 Å². The summed E-state index contributed by atoms with van der Waals surface area (Å²) in [4.78, 5) is 29.9. The molecule has 0 aliphatic carbocycles. The lowest BCUT2D eigenvalue weighted by Crippen LogP contribution is -3.13. The van der Waals surface area contributed by atoms with Crippen molar-refractivity contribution in [1.82, 2.24) is 4.90 Å². The molecule has 6 heteroatoms. The first-order chi connectivity index (χ1) is 13.2. The van der Waals surface area contributed by atoms with Crippen LogP contribution in [0, 0.1) is 0 Å². The molecule has 1 fully saturated rings. The maximum absolute atomic E-state index is 12.8. The van der Waals surface area contributed by atoms with Crippen LogP contribution in [0.1, 0.15) is 5.56 Å². The van der Waals surface area contributed by atoms with E-state index in [9.17, 15) is 9.59 Å². The van der Waals surface area contributed by atoms with Crippen molar-refractivity contribution in [3.05, 3.63) is 60.2 Å². The zero-order valence-electron chi connectivity index (χ0n) is 15.3. The molecular formula is C21H24N3O3+. The normalized spacial score (nSPS) is 17.4. The summed E-state index contributed by atoms with van der Waals surface area (Å²) in [5.74, 6) is 0.483. The third kappa shape index (κ3) is 3.95. The number of anilines is 1. The maximum atomic E-state index is 12.8. The summed E-state index contributed by atoms with van der Waals surface area (Å²) >= 11 is 0. The van der Waals surface area contributed by atoms with Crippen molar-refractivity contribution in [2.45, 2.75) is 6.54 Å². The van der Waals surface area contributed by atoms with E-state index in [1.165, 1.54) is 10.5 Å². The molecular weight excluding hydrogens is 342 g/mol. The van der Waals surface area contributed by atoms with Gasteiger partial charge in [-0.15, -0.1) is 0 Å². The summed E-state index contributed by atoms with van der Waals surface area (Å²) < 4.78 is 5.44. The zero-order chi connectivity index (χ0) is 18.6. The second kappa shape index (κ2) is 7.80. The Hall–Kier alpha value is -2.86. The van der Waals surface area contributed by atoms with Crippen molar-refractivity contribution in [2.24, 2.45) is 0 Å². The van der Waals surface area contributed by atoms with Crippen molar-refractivity contribution in [3.63, 3.8) is 0 Å². The zero-order valence-corrected chi connectivity index (χ0v) is 15.3. The van der Waals surface area contributed by atoms with Crippen LogP contribution in [0.4, 0.5) is 5.69 Å². The molecule has 0 atom stereocenters. The second-order valence-corrected chi connectivity index (χ2v) is 7.03. The number of benzene rings is 2. The molecule has 6 nitrogen and oxygen atoms in total. The predicted octanol–water partition coefficient (Wildman–Crippen LogP) is 0.339. The van der Waals surface area contributed by atoms with Gasteiger partial charge in [0, 0.05) is 5.56 Å². The van der Waals surface area contributed by atoms with Gasteiger partial charge in [-0.1, -0.05) is 42.5 Å². The van der Waals surface area contributed by atoms with Gasteiger partial charge in [-0.05, 0) is 12.1 Å². The Bertz CT molecular complexity index is 816. The number of carbonyl (C=O) groups is 2. The van der Waals surface area contributed by atoms with E-state index < -0.39 is 0 Å². The van der Waals surface area contributed by atoms with Crippen LogP contribution in [0.2, 0.25) is 0 Å². The number of nitrogens with zero attached hydrogens (tertiary/aromatic N) is 2. The van der Waals surface area contributed by atoms with Crippen LogP contribution in [0.25, 0.3) is 0 Å². The largest absolute Gasteiger partial charge is 0.482 e. The Morgan fingerprint density at radius 3 is 2.48 bits per heavy atom. The van der Waals surface area contributed by atoms with E-state index in [4.69, 9.17) is 4.74 Å². The molecule has 0 aromatic heterocycles. The lowest BCUT2D eigenvalue weighted by atomic mass is 10.2. The SMILES string of the molecule is O=C(CN1C(=O)COc2ccccc21)N1CC[NH+](Cc2ccccc2)CC1. The van der Waals surface area contributed by atoms with Gasteiger partial charge in [0.1, 0.15) is 18.8 Å². The summed E-state index contributed by atoms with van der Waals surface area (Å²) in [6.45, 7) is 4.34. The third-order valence-corrected chi connectivity index (χ3v) is 5.22. The first-order valence-electron chi connectivity index (χ1n) is 9.38. The highest BCUT2D eigenvalue weighted by Gasteiger charge is 2.30. The summed E-state index contributed by atoms with van der Waals surface area (Å²) in [5.41, 5.74) is 2.00. The van der Waals surface area contributed by atoms with Crippen molar-refractivity contribution < 1.29 is 19.2 Å². The number of amides is 2. The standard InChI is InChI=1S/C21H23N3O3/c25-20(15-24-18-8-4-5-9-19(18)27-16-21(24)26)23-12-10-22(11-13-23)14-17-6-2-1-3-7-17/h1-9H,10-16H2/p+1. The molecule has 0 unspecified atom stereocenters. The van der Waals surface area contributed by atoms with Gasteiger partial charge in [-0.25, -0.2) is 0 Å². The Balaban J connectivity index is 1.34. The molecule has 1 saturated heterocycles. The van der Waals surface area contributed by atoms with E-state index in [-0.39, 0.29) is 25.0 Å². The van der Waals surface area contributed by atoms with Crippen LogP contribution in [0.3, 0.4) is 0 Å². The van der Waals surface area contributed by atoms with Gasteiger partial charge in [0.15, 0.2) is 6.61 Å². The van der Waals surface area contributed by atoms with Gasteiger partial charge in [0.05, 0.1) is 31.9 Å². The number of rotatable bonds is 4. The molecule has 27 heavy (non-hydrogen) atoms. The Labute approximate surface area is 158 Å². The van der Waals surface area contributed by atoms with Crippen LogP contribution in [-0.4, -0.2) is 56.0 Å². The number of hydrogen-bond donors (Lipinski definition) is 1. The molecule has 0 saturated carbocycles. The lowest BCUT2D eigenvalue weighted by Gasteiger charge is -2.34. The number of quaternary nitrogens is 1. The molecule has 4 rings (SSSR count). The molecule has 0 spiro atoms. The molecule has 2 aliphatic rings. The summed E-state index contributed by atoms with van der Waals surface area (Å²) in [6.07, 6.45) is 0. The molecule has 1 N–H and O–H groups in total. The van der Waals surface area contributed by atoms with Gasteiger partial charge < -0.3 is 14.5 Å². The monoisotopic (exact) mass is 366 g/mol. The highest BCUT2D eigenvalue weighted by Crippen LogP contribution is 2.31. The molecule has 0 radical (unpaired) electrons. The van der Waals surface area contributed by atoms with Gasteiger partial charge in [0.25, 0.3) is 5.91 Å². The van der Waals surface area contributed by atoms with Crippen molar-refractivity contribution in [3.8, 4) is 5.75 Å². The number of nitrogens with one attached hydrogen (secondary N) is 1. The number of piperazine rings is 1. The molecule has 2 aromatic carbocycles. The number of carbonyl (C=O) groups excluding carboxylic acids is 2. The Morgan fingerprint density at radius 1 is 1.00 bits per heavy atom. The molecule has 140 valence electrons. The fourth-order valence-electron chi connectivity index (χ4n) is 3.70. The van der Waals surface area contributed by atoms with E-state index in [0.717, 1.165) is 32.7 Å². The molecule has 2 amide bonds. The molecule has 2 aromatic rings. The Kier molecular flexibility index (Phi) is 5.07. The van der Waals surface area contributed by atoms with E-state index in [1.807, 2.05) is 35.2 Å². The summed E-state index contributed by atoms with van der Waals surface area (Å²) in [5, 5.41) is 0. The fraction of sp³-hybridized carbons (Fsp3) is 0.333. The average molecular weight is 366 g/mol. The fourth-order valence-corrected chi connectivity index (χ4v) is 3.70. The van der Waals surface area contributed by atoms with Crippen molar-refractivity contribution >= 4 is 17.5 Å². The van der Waals surface area contributed by atoms with Gasteiger partial charge in [-0.2, -0.15) is 0 Å². The van der Waals surface area contributed by atoms with E-state index in [2.05, 4.69) is 24.3 Å². The van der Waals surface area contributed by atoms with Gasteiger partial charge in [0.2, 0.25) is 5.91 Å². The highest BCUT2D eigenvalue weighted by molar-refractivity contribution is 6.02. The van der Waals surface area contributed by atoms with Crippen LogP contribution in [0.5, 0.6) is 5.75 Å². The minimum atomic E-state index is -0.171. The van der Waals surface area contributed by atoms with Crippen LogP contribution in [0.15, 0.2) is 54.6 Å². The Morgan fingerprint density at radius 2 is 1.70 bits per heavy atom. The van der Waals surface area contributed by atoms with E-state index >= 15 is 0 Å². The van der Waals surface area contributed by atoms with Crippen LogP contribution < -0.4 is 14.5 Å². The summed E-state index contributed by atoms with van der Waals surface area (Å²) in [7, 11) is 0. The minimum absolute atomic E-state index is 0.00110. The number of ether oxygens (including phenoxy) is 1. The quantitative estimate of drug-likeness (QED) is 0.849. The number of fused-ring (bicyclic) bond motifs is 1. The molecule has 2 heterocycles. The number of hydrogen-bond acceptors (Lipinski definition) is 3. The van der Waals surface area contributed by atoms with Crippen molar-refractivity contribution in [1.29, 1.82) is 0 Å². The minimum Gasteiger partial charge on any atom is -0.482 e. The van der Waals surface area contributed by atoms with Gasteiger partial charge >= 0.3 is 0 Å². The molecule has 0 bridgehead atoms. The van der Waals surface area contributed by atoms with Crippen LogP contribution in [-0.2, 0) is 16.1 Å². The van der Waals surface area contributed by atoms with E-state index in [1.54, 1.807) is 4.90 Å². The first kappa shape index (κ1) is 17.5. The maximum Gasteiger partial charge on any atom is 0.265 e. The highest BCUT2D eigenvalue weighted by atomic mass is 16.5.